The lowest BCUT2D eigenvalue weighted by Crippen LogP contribution is -1.81. The summed E-state index contributed by atoms with van der Waals surface area (Å²) in [5.41, 5.74) is 3.77. The molecule has 0 aliphatic rings. The van der Waals surface area contributed by atoms with Gasteiger partial charge in [-0.25, -0.2) is 0 Å². The smallest absolute Gasteiger partial charge is 0.0830 e. The fraction of sp³-hybridized carbons (Fsp3) is 0.273. The molecule has 1 aromatic rings. The average molecular weight is 162 g/mol. The number of hydrogen-bond donors (Lipinski definition) is 0. The summed E-state index contributed by atoms with van der Waals surface area (Å²) in [6.45, 7) is 4.18. The summed E-state index contributed by atoms with van der Waals surface area (Å²) in [4.78, 5) is 0. The Bertz CT molecular complexity index is 287. The van der Waals surface area contributed by atoms with Crippen molar-refractivity contribution in [2.75, 3.05) is 7.11 Å². The largest absolute Gasteiger partial charge is 0.504 e. The van der Waals surface area contributed by atoms with E-state index in [2.05, 4.69) is 32.0 Å². The van der Waals surface area contributed by atoms with Crippen LogP contribution in [0, 0.1) is 13.8 Å². The van der Waals surface area contributed by atoms with Gasteiger partial charge < -0.3 is 4.74 Å². The van der Waals surface area contributed by atoms with E-state index in [9.17, 15) is 0 Å². The van der Waals surface area contributed by atoms with E-state index >= 15 is 0 Å². The van der Waals surface area contributed by atoms with Crippen LogP contribution >= 0.6 is 0 Å². The summed E-state index contributed by atoms with van der Waals surface area (Å²) >= 11 is 0. The van der Waals surface area contributed by atoms with Gasteiger partial charge in [-0.3, -0.25) is 0 Å². The molecule has 0 saturated heterocycles. The van der Waals surface area contributed by atoms with Crippen molar-refractivity contribution in [2.24, 2.45) is 0 Å². The van der Waals surface area contributed by atoms with Crippen molar-refractivity contribution in [3.05, 3.63) is 41.2 Å². The summed E-state index contributed by atoms with van der Waals surface area (Å²) in [5, 5.41) is 0. The minimum absolute atomic E-state index is 1.22. The standard InChI is InChI=1S/C11H14O/c1-9-4-5-10(2)11(8-9)6-7-12-3/h4-8H,1-3H3/b7-6+. The van der Waals surface area contributed by atoms with E-state index in [0.29, 0.717) is 0 Å². The highest BCUT2D eigenvalue weighted by Crippen LogP contribution is 2.11. The molecule has 0 saturated carbocycles. The van der Waals surface area contributed by atoms with Crippen molar-refractivity contribution in [2.45, 2.75) is 13.8 Å². The number of aryl methyl sites for hydroxylation is 2. The van der Waals surface area contributed by atoms with Crippen molar-refractivity contribution in [3.63, 3.8) is 0 Å². The molecule has 64 valence electrons. The molecule has 1 aromatic carbocycles. The molecule has 1 rings (SSSR count). The SMILES string of the molecule is CO/C=C/c1cc(C)ccc1C. The molecule has 0 bridgehead atoms. The Morgan fingerprint density at radius 1 is 1.25 bits per heavy atom. The van der Waals surface area contributed by atoms with Crippen LogP contribution in [0.25, 0.3) is 6.08 Å². The number of benzene rings is 1. The second-order valence-electron chi connectivity index (χ2n) is 2.90. The van der Waals surface area contributed by atoms with Gasteiger partial charge in [-0.15, -0.1) is 0 Å². The molecule has 0 unspecified atom stereocenters. The van der Waals surface area contributed by atoms with Crippen LogP contribution in [0.15, 0.2) is 24.5 Å². The quantitative estimate of drug-likeness (QED) is 0.607. The zero-order valence-electron chi connectivity index (χ0n) is 7.79. The number of rotatable bonds is 2. The lowest BCUT2D eigenvalue weighted by atomic mass is 10.1. The molecule has 0 spiro atoms. The van der Waals surface area contributed by atoms with E-state index in [1.54, 1.807) is 13.4 Å². The molecule has 0 aliphatic heterocycles. The van der Waals surface area contributed by atoms with E-state index in [4.69, 9.17) is 4.74 Å². The van der Waals surface area contributed by atoms with Crippen LogP contribution in [-0.2, 0) is 4.74 Å². The van der Waals surface area contributed by atoms with Gasteiger partial charge in [-0.1, -0.05) is 23.8 Å². The summed E-state index contributed by atoms with van der Waals surface area (Å²) in [7, 11) is 1.65. The molecule has 0 atom stereocenters. The summed E-state index contributed by atoms with van der Waals surface area (Å²) in [6.07, 6.45) is 3.67. The van der Waals surface area contributed by atoms with Gasteiger partial charge in [0, 0.05) is 0 Å². The van der Waals surface area contributed by atoms with Crippen LogP contribution in [0.1, 0.15) is 16.7 Å². The van der Waals surface area contributed by atoms with Crippen LogP contribution in [0.4, 0.5) is 0 Å². The normalized spacial score (nSPS) is 10.6. The molecule has 0 N–H and O–H groups in total. The molecule has 0 fully saturated rings. The Balaban J connectivity index is 2.97. The van der Waals surface area contributed by atoms with Crippen molar-refractivity contribution < 1.29 is 4.74 Å². The summed E-state index contributed by atoms with van der Waals surface area (Å²) in [5.74, 6) is 0. The molecular formula is C11H14O. The molecule has 0 amide bonds. The molecular weight excluding hydrogens is 148 g/mol. The van der Waals surface area contributed by atoms with Gasteiger partial charge in [0.1, 0.15) is 0 Å². The van der Waals surface area contributed by atoms with Gasteiger partial charge in [0.15, 0.2) is 0 Å². The number of ether oxygens (including phenoxy) is 1. The molecule has 0 aliphatic carbocycles. The Labute approximate surface area is 73.7 Å². The van der Waals surface area contributed by atoms with Crippen LogP contribution in [0.5, 0.6) is 0 Å². The number of hydrogen-bond acceptors (Lipinski definition) is 1. The summed E-state index contributed by atoms with van der Waals surface area (Å²) < 4.78 is 4.86. The average Bonchev–Trinajstić information content (AvgIpc) is 2.07. The first-order valence-electron chi connectivity index (χ1n) is 4.00. The molecule has 12 heavy (non-hydrogen) atoms. The van der Waals surface area contributed by atoms with E-state index in [1.165, 1.54) is 16.7 Å². The lowest BCUT2D eigenvalue weighted by Gasteiger charge is -2.00. The van der Waals surface area contributed by atoms with Crippen LogP contribution in [0.3, 0.4) is 0 Å². The third kappa shape index (κ3) is 2.12. The Morgan fingerprint density at radius 3 is 2.67 bits per heavy atom. The van der Waals surface area contributed by atoms with Crippen molar-refractivity contribution in [3.8, 4) is 0 Å². The zero-order chi connectivity index (χ0) is 8.97. The first kappa shape index (κ1) is 8.85. The van der Waals surface area contributed by atoms with Crippen LogP contribution in [0.2, 0.25) is 0 Å². The van der Waals surface area contributed by atoms with Gasteiger partial charge in [-0.05, 0) is 31.1 Å². The maximum atomic E-state index is 4.86. The fourth-order valence-corrected chi connectivity index (χ4v) is 1.08. The monoisotopic (exact) mass is 162 g/mol. The predicted octanol–water partition coefficient (Wildman–Crippen LogP) is 2.92. The van der Waals surface area contributed by atoms with Crippen molar-refractivity contribution in [1.82, 2.24) is 0 Å². The second kappa shape index (κ2) is 3.96. The first-order valence-corrected chi connectivity index (χ1v) is 4.00. The van der Waals surface area contributed by atoms with E-state index in [-0.39, 0.29) is 0 Å². The van der Waals surface area contributed by atoms with Gasteiger partial charge in [0.25, 0.3) is 0 Å². The third-order valence-electron chi connectivity index (χ3n) is 1.82. The highest BCUT2D eigenvalue weighted by molar-refractivity contribution is 5.53. The Hall–Kier alpha value is -1.24. The van der Waals surface area contributed by atoms with Crippen LogP contribution in [-0.4, -0.2) is 7.11 Å². The van der Waals surface area contributed by atoms with Crippen molar-refractivity contribution >= 4 is 6.08 Å². The molecule has 0 heterocycles. The fourth-order valence-electron chi connectivity index (χ4n) is 1.08. The number of methoxy groups -OCH3 is 1. The van der Waals surface area contributed by atoms with Gasteiger partial charge in [-0.2, -0.15) is 0 Å². The van der Waals surface area contributed by atoms with Gasteiger partial charge in [0.05, 0.1) is 13.4 Å². The molecule has 1 heteroatoms. The molecule has 0 radical (unpaired) electrons. The highest BCUT2D eigenvalue weighted by atomic mass is 16.5. The maximum Gasteiger partial charge on any atom is 0.0830 e. The zero-order valence-corrected chi connectivity index (χ0v) is 7.79. The third-order valence-corrected chi connectivity index (χ3v) is 1.82. The Morgan fingerprint density at radius 2 is 2.00 bits per heavy atom. The second-order valence-corrected chi connectivity index (χ2v) is 2.90. The molecule has 0 aromatic heterocycles. The molecule has 1 nitrogen and oxygen atoms in total. The highest BCUT2D eigenvalue weighted by Gasteiger charge is 1.93. The van der Waals surface area contributed by atoms with Crippen molar-refractivity contribution in [1.29, 1.82) is 0 Å². The minimum Gasteiger partial charge on any atom is -0.504 e. The van der Waals surface area contributed by atoms with E-state index in [0.717, 1.165) is 0 Å². The van der Waals surface area contributed by atoms with Gasteiger partial charge in [0.2, 0.25) is 0 Å². The lowest BCUT2D eigenvalue weighted by molar-refractivity contribution is 0.341. The summed E-state index contributed by atoms with van der Waals surface area (Å²) in [6, 6.07) is 6.37. The predicted molar refractivity (Wildman–Crippen MR) is 52.0 cm³/mol. The van der Waals surface area contributed by atoms with Gasteiger partial charge >= 0.3 is 0 Å². The van der Waals surface area contributed by atoms with E-state index in [1.807, 2.05) is 6.08 Å². The first-order chi connectivity index (χ1) is 5.74. The van der Waals surface area contributed by atoms with Crippen LogP contribution < -0.4 is 0 Å². The topological polar surface area (TPSA) is 9.23 Å². The minimum atomic E-state index is 1.22. The maximum absolute atomic E-state index is 4.86. The Kier molecular flexibility index (Phi) is 2.92. The van der Waals surface area contributed by atoms with E-state index < -0.39 is 0 Å².